The molecule has 0 spiro atoms. The zero-order valence-electron chi connectivity index (χ0n) is 7.41. The predicted molar refractivity (Wildman–Crippen MR) is 68.7 cm³/mol. The number of amides is 1. The summed E-state index contributed by atoms with van der Waals surface area (Å²) in [5, 5.41) is 0.625. The molecule has 1 amide bonds. The third-order valence-corrected chi connectivity index (χ3v) is 4.71. The summed E-state index contributed by atoms with van der Waals surface area (Å²) in [5.74, 6) is 0.511. The second kappa shape index (κ2) is 4.53. The number of halogens is 3. The fourth-order valence-electron chi connectivity index (χ4n) is 1.25. The summed E-state index contributed by atoms with van der Waals surface area (Å²) < 4.78 is 0.303. The maximum Gasteiger partial charge on any atom is 0.256 e. The fraction of sp³-hybridized carbons (Fsp3) is 0.222. The van der Waals surface area contributed by atoms with Crippen LogP contribution in [0.4, 0.5) is 5.69 Å². The van der Waals surface area contributed by atoms with E-state index in [1.54, 1.807) is 17.0 Å². The van der Waals surface area contributed by atoms with Gasteiger partial charge in [-0.1, -0.05) is 11.6 Å². The van der Waals surface area contributed by atoms with Crippen molar-refractivity contribution in [3.8, 4) is 0 Å². The van der Waals surface area contributed by atoms with E-state index in [1.165, 1.54) is 11.8 Å². The Morgan fingerprint density at radius 1 is 1.53 bits per heavy atom. The highest BCUT2D eigenvalue weighted by molar-refractivity contribution is 9.10. The summed E-state index contributed by atoms with van der Waals surface area (Å²) in [6.07, 6.45) is 0. The van der Waals surface area contributed by atoms with Gasteiger partial charge < -0.3 is 4.90 Å². The van der Waals surface area contributed by atoms with E-state index in [1.807, 2.05) is 6.07 Å². The van der Waals surface area contributed by atoms with Crippen LogP contribution in [0.3, 0.4) is 0 Å². The molecule has 1 aliphatic rings. The molecule has 6 heteroatoms. The predicted octanol–water partition coefficient (Wildman–Crippen LogP) is 3.70. The van der Waals surface area contributed by atoms with Gasteiger partial charge >= 0.3 is 0 Å². The van der Waals surface area contributed by atoms with Gasteiger partial charge in [0.05, 0.1) is 10.9 Å². The summed E-state index contributed by atoms with van der Waals surface area (Å²) in [6.45, 7) is 0. The van der Waals surface area contributed by atoms with Crippen molar-refractivity contribution in [3.63, 3.8) is 0 Å². The molecule has 15 heavy (non-hydrogen) atoms. The standard InChI is InChI=1S/C9H6BrCl2NOS/c10-6-3-5(1-2-7(6)11)13-4-15-8(12)9(13)14/h1-3,8H,4H2. The number of nitrogens with zero attached hydrogens (tertiary/aromatic N) is 1. The molecule has 80 valence electrons. The number of carbonyl (C=O) groups excluding carboxylic acids is 1. The van der Waals surface area contributed by atoms with Gasteiger partial charge in [-0.3, -0.25) is 4.79 Å². The van der Waals surface area contributed by atoms with E-state index < -0.39 is 4.71 Å². The number of alkyl halides is 1. The van der Waals surface area contributed by atoms with E-state index >= 15 is 0 Å². The fourth-order valence-corrected chi connectivity index (χ4v) is 2.85. The van der Waals surface area contributed by atoms with E-state index in [4.69, 9.17) is 23.2 Å². The molecule has 0 aromatic heterocycles. The number of carbonyl (C=O) groups is 1. The molecule has 0 N–H and O–H groups in total. The molecule has 1 heterocycles. The van der Waals surface area contributed by atoms with Crippen molar-refractivity contribution in [2.45, 2.75) is 4.71 Å². The lowest BCUT2D eigenvalue weighted by Gasteiger charge is -2.15. The number of benzene rings is 1. The Bertz CT molecular complexity index is 415. The zero-order valence-corrected chi connectivity index (χ0v) is 11.3. The van der Waals surface area contributed by atoms with Crippen LogP contribution in [-0.4, -0.2) is 16.5 Å². The minimum absolute atomic E-state index is 0.0733. The van der Waals surface area contributed by atoms with E-state index in [9.17, 15) is 4.79 Å². The molecule has 1 aromatic carbocycles. The quantitative estimate of drug-likeness (QED) is 0.733. The Labute approximate surface area is 110 Å². The first-order valence-corrected chi connectivity index (χ1v) is 6.77. The molecule has 1 unspecified atom stereocenters. The van der Waals surface area contributed by atoms with Gasteiger partial charge in [-0.05, 0) is 34.1 Å². The Hall–Kier alpha value is 0.1000. The van der Waals surface area contributed by atoms with Crippen LogP contribution in [0, 0.1) is 0 Å². The molecule has 0 aliphatic carbocycles. The molecule has 2 nitrogen and oxygen atoms in total. The number of hydrogen-bond acceptors (Lipinski definition) is 2. The molecular weight excluding hydrogens is 321 g/mol. The molecular formula is C9H6BrCl2NOS. The molecule has 1 aromatic rings. The lowest BCUT2D eigenvalue weighted by atomic mass is 10.3. The largest absolute Gasteiger partial charge is 0.301 e. The third-order valence-electron chi connectivity index (χ3n) is 2.03. The maximum atomic E-state index is 11.6. The van der Waals surface area contributed by atoms with Crippen LogP contribution in [-0.2, 0) is 4.79 Å². The van der Waals surface area contributed by atoms with E-state index in [0.717, 1.165) is 10.2 Å². The highest BCUT2D eigenvalue weighted by atomic mass is 79.9. The van der Waals surface area contributed by atoms with Crippen molar-refractivity contribution < 1.29 is 4.79 Å². The van der Waals surface area contributed by atoms with Gasteiger partial charge in [0.15, 0.2) is 4.71 Å². The first-order valence-electron chi connectivity index (χ1n) is 4.11. The highest BCUT2D eigenvalue weighted by Gasteiger charge is 2.31. The van der Waals surface area contributed by atoms with E-state index in [2.05, 4.69) is 15.9 Å². The highest BCUT2D eigenvalue weighted by Crippen LogP contribution is 2.34. The molecule has 1 fully saturated rings. The van der Waals surface area contributed by atoms with Crippen molar-refractivity contribution in [2.24, 2.45) is 0 Å². The average molecular weight is 327 g/mol. The van der Waals surface area contributed by atoms with Gasteiger partial charge in [0.1, 0.15) is 0 Å². The molecule has 1 atom stereocenters. The smallest absolute Gasteiger partial charge is 0.256 e. The van der Waals surface area contributed by atoms with Crippen LogP contribution in [0.2, 0.25) is 5.02 Å². The zero-order chi connectivity index (χ0) is 11.0. The van der Waals surface area contributed by atoms with Gasteiger partial charge in [0.25, 0.3) is 5.91 Å². The topological polar surface area (TPSA) is 20.3 Å². The number of anilines is 1. The van der Waals surface area contributed by atoms with Crippen LogP contribution in [0.25, 0.3) is 0 Å². The summed E-state index contributed by atoms with van der Waals surface area (Å²) in [5.41, 5.74) is 0.812. The number of thioether (sulfide) groups is 1. The van der Waals surface area contributed by atoms with Gasteiger partial charge in [0.2, 0.25) is 0 Å². The average Bonchev–Trinajstić information content (AvgIpc) is 2.53. The Morgan fingerprint density at radius 2 is 2.27 bits per heavy atom. The second-order valence-corrected chi connectivity index (χ2v) is 6.00. The van der Waals surface area contributed by atoms with Crippen LogP contribution >= 0.6 is 50.9 Å². The van der Waals surface area contributed by atoms with Crippen molar-refractivity contribution in [2.75, 3.05) is 10.8 Å². The SMILES string of the molecule is O=C1C(Cl)SCN1c1ccc(Cl)c(Br)c1. The molecule has 1 saturated heterocycles. The van der Waals surface area contributed by atoms with E-state index in [-0.39, 0.29) is 5.91 Å². The monoisotopic (exact) mass is 325 g/mol. The summed E-state index contributed by atoms with van der Waals surface area (Å²) in [7, 11) is 0. The van der Waals surface area contributed by atoms with Gasteiger partial charge in [0, 0.05) is 10.2 Å². The van der Waals surface area contributed by atoms with E-state index in [0.29, 0.717) is 10.9 Å². The minimum atomic E-state index is -0.473. The van der Waals surface area contributed by atoms with Gasteiger partial charge in [-0.15, -0.1) is 23.4 Å². The lowest BCUT2D eigenvalue weighted by molar-refractivity contribution is -0.116. The second-order valence-electron chi connectivity index (χ2n) is 2.98. The number of hydrogen-bond donors (Lipinski definition) is 0. The van der Waals surface area contributed by atoms with Gasteiger partial charge in [-0.2, -0.15) is 0 Å². The van der Waals surface area contributed by atoms with Crippen LogP contribution in [0.1, 0.15) is 0 Å². The van der Waals surface area contributed by atoms with Crippen LogP contribution < -0.4 is 4.90 Å². The lowest BCUT2D eigenvalue weighted by Crippen LogP contribution is -2.27. The minimum Gasteiger partial charge on any atom is -0.301 e. The summed E-state index contributed by atoms with van der Waals surface area (Å²) in [4.78, 5) is 13.3. The van der Waals surface area contributed by atoms with Crippen LogP contribution in [0.5, 0.6) is 0 Å². The maximum absolute atomic E-state index is 11.6. The number of rotatable bonds is 1. The summed E-state index contributed by atoms with van der Waals surface area (Å²) >= 11 is 16.4. The first-order chi connectivity index (χ1) is 7.09. The molecule has 0 saturated carbocycles. The van der Waals surface area contributed by atoms with Crippen molar-refractivity contribution >= 4 is 62.5 Å². The van der Waals surface area contributed by atoms with Crippen molar-refractivity contribution in [3.05, 3.63) is 27.7 Å². The first kappa shape index (κ1) is 11.6. The normalized spacial score (nSPS) is 21.1. The Morgan fingerprint density at radius 3 is 2.80 bits per heavy atom. The molecule has 0 bridgehead atoms. The van der Waals surface area contributed by atoms with Crippen molar-refractivity contribution in [1.29, 1.82) is 0 Å². The van der Waals surface area contributed by atoms with Crippen molar-refractivity contribution in [1.82, 2.24) is 0 Å². The third kappa shape index (κ3) is 2.28. The Kier molecular flexibility index (Phi) is 3.50. The van der Waals surface area contributed by atoms with Gasteiger partial charge in [-0.25, -0.2) is 0 Å². The molecule has 1 aliphatic heterocycles. The van der Waals surface area contributed by atoms with Crippen LogP contribution in [0.15, 0.2) is 22.7 Å². The molecule has 2 rings (SSSR count). The summed E-state index contributed by atoms with van der Waals surface area (Å²) in [6, 6.07) is 5.37. The Balaban J connectivity index is 2.31. The molecule has 0 radical (unpaired) electrons.